The van der Waals surface area contributed by atoms with Crippen molar-refractivity contribution in [2.75, 3.05) is 19.6 Å². The van der Waals surface area contributed by atoms with Gasteiger partial charge in [-0.05, 0) is 49.8 Å². The fourth-order valence-corrected chi connectivity index (χ4v) is 5.70. The number of nitrogens with zero attached hydrogens (tertiary/aromatic N) is 4. The molecular formula is C28H28F2N4O3. The number of hydrogen-bond donors (Lipinski definition) is 0. The summed E-state index contributed by atoms with van der Waals surface area (Å²) < 4.78 is 32.7. The Labute approximate surface area is 213 Å². The van der Waals surface area contributed by atoms with Gasteiger partial charge in [0, 0.05) is 74.3 Å². The van der Waals surface area contributed by atoms with Gasteiger partial charge in [-0.25, -0.2) is 18.7 Å². The zero-order chi connectivity index (χ0) is 25.6. The number of carbonyl (C=O) groups excluding carboxylic acids is 2. The quantitative estimate of drug-likeness (QED) is 0.346. The molecule has 37 heavy (non-hydrogen) atoms. The van der Waals surface area contributed by atoms with Crippen LogP contribution in [0.2, 0.25) is 0 Å². The molecule has 3 heterocycles. The van der Waals surface area contributed by atoms with E-state index in [0.29, 0.717) is 25.9 Å². The van der Waals surface area contributed by atoms with Crippen LogP contribution >= 0.6 is 0 Å². The highest BCUT2D eigenvalue weighted by molar-refractivity contribution is 5.96. The van der Waals surface area contributed by atoms with Gasteiger partial charge in [0.2, 0.25) is 0 Å². The SMILES string of the molecule is O=C(CC1(CC(=O)c2cc(-c3ccc(F)cc3F)on2)CN(CC2CC2)C1)CC1(c2ncccn2)CC1. The number of hydrogen-bond acceptors (Lipinski definition) is 7. The topological polar surface area (TPSA) is 89.2 Å². The minimum absolute atomic E-state index is 0.0370. The van der Waals surface area contributed by atoms with Crippen molar-refractivity contribution >= 4 is 11.6 Å². The Morgan fingerprint density at radius 2 is 1.78 bits per heavy atom. The largest absolute Gasteiger partial charge is 0.355 e. The van der Waals surface area contributed by atoms with Crippen LogP contribution in [0, 0.1) is 23.0 Å². The van der Waals surface area contributed by atoms with Crippen LogP contribution in [-0.4, -0.2) is 51.2 Å². The van der Waals surface area contributed by atoms with Crippen LogP contribution in [0.5, 0.6) is 0 Å². The van der Waals surface area contributed by atoms with Gasteiger partial charge in [-0.15, -0.1) is 0 Å². The van der Waals surface area contributed by atoms with Crippen LogP contribution in [0.1, 0.15) is 61.3 Å². The molecule has 0 N–H and O–H groups in total. The molecule has 0 bridgehead atoms. The summed E-state index contributed by atoms with van der Waals surface area (Å²) in [5.74, 6) is -0.103. The van der Waals surface area contributed by atoms with Crippen molar-refractivity contribution in [2.24, 2.45) is 11.3 Å². The first-order valence-corrected chi connectivity index (χ1v) is 12.8. The molecule has 1 aliphatic heterocycles. The number of carbonyl (C=O) groups is 2. The number of likely N-dealkylation sites (tertiary alicyclic amines) is 1. The Bertz CT molecular complexity index is 1330. The maximum atomic E-state index is 14.2. The minimum Gasteiger partial charge on any atom is -0.355 e. The van der Waals surface area contributed by atoms with Gasteiger partial charge in [-0.1, -0.05) is 5.16 Å². The molecule has 7 nitrogen and oxygen atoms in total. The lowest BCUT2D eigenvalue weighted by molar-refractivity contribution is -0.125. The van der Waals surface area contributed by atoms with E-state index in [2.05, 4.69) is 20.0 Å². The third-order valence-corrected chi connectivity index (χ3v) is 7.86. The Morgan fingerprint density at radius 3 is 2.46 bits per heavy atom. The van der Waals surface area contributed by atoms with Crippen molar-refractivity contribution in [3.63, 3.8) is 0 Å². The van der Waals surface area contributed by atoms with Crippen molar-refractivity contribution in [2.45, 2.75) is 50.4 Å². The highest BCUT2D eigenvalue weighted by Crippen LogP contribution is 2.51. The molecule has 3 fully saturated rings. The second-order valence-electron chi connectivity index (χ2n) is 11.2. The molecule has 0 unspecified atom stereocenters. The summed E-state index contributed by atoms with van der Waals surface area (Å²) in [6.07, 6.45) is 8.53. The molecule has 1 aromatic carbocycles. The van der Waals surface area contributed by atoms with Gasteiger partial charge in [0.15, 0.2) is 11.5 Å². The lowest BCUT2D eigenvalue weighted by Crippen LogP contribution is -2.58. The van der Waals surface area contributed by atoms with Gasteiger partial charge in [0.1, 0.15) is 28.9 Å². The molecule has 9 heteroatoms. The van der Waals surface area contributed by atoms with Crippen LogP contribution in [-0.2, 0) is 10.2 Å². The Hall–Kier alpha value is -3.33. The molecule has 2 aliphatic carbocycles. The number of aromatic nitrogens is 3. The van der Waals surface area contributed by atoms with E-state index in [0.717, 1.165) is 43.3 Å². The molecule has 0 radical (unpaired) electrons. The summed E-state index contributed by atoms with van der Waals surface area (Å²) in [5, 5.41) is 3.86. The van der Waals surface area contributed by atoms with Gasteiger partial charge >= 0.3 is 0 Å². The van der Waals surface area contributed by atoms with Crippen molar-refractivity contribution in [3.05, 3.63) is 65.9 Å². The van der Waals surface area contributed by atoms with E-state index in [-0.39, 0.29) is 40.4 Å². The maximum absolute atomic E-state index is 14.2. The Balaban J connectivity index is 1.15. The minimum atomic E-state index is -0.789. The van der Waals surface area contributed by atoms with E-state index >= 15 is 0 Å². The molecule has 2 saturated carbocycles. The van der Waals surface area contributed by atoms with E-state index in [1.807, 2.05) is 0 Å². The predicted molar refractivity (Wildman–Crippen MR) is 130 cm³/mol. The summed E-state index contributed by atoms with van der Waals surface area (Å²) in [7, 11) is 0. The van der Waals surface area contributed by atoms with Crippen molar-refractivity contribution in [1.82, 2.24) is 20.0 Å². The zero-order valence-electron chi connectivity index (χ0n) is 20.5. The number of benzene rings is 1. The standard InChI is InChI=1S/C28H28F2N4O3/c29-19-4-5-21(22(30)10-19)25-11-23(33-37-25)24(36)14-27(16-34(17-27)15-18-2-3-18)12-20(35)13-28(6-7-28)26-31-8-1-9-32-26/h1,4-5,8-11,18H,2-3,6-7,12-17H2. The molecule has 0 atom stereocenters. The Morgan fingerprint density at radius 1 is 1.03 bits per heavy atom. The maximum Gasteiger partial charge on any atom is 0.185 e. The van der Waals surface area contributed by atoms with Crippen molar-refractivity contribution in [3.8, 4) is 11.3 Å². The van der Waals surface area contributed by atoms with Gasteiger partial charge in [0.25, 0.3) is 0 Å². The fraction of sp³-hybridized carbons (Fsp3) is 0.464. The third kappa shape index (κ3) is 5.09. The first-order valence-electron chi connectivity index (χ1n) is 12.8. The summed E-state index contributed by atoms with van der Waals surface area (Å²) in [6.45, 7) is 2.38. The van der Waals surface area contributed by atoms with Crippen LogP contribution in [0.4, 0.5) is 8.78 Å². The molecule has 2 aromatic heterocycles. The summed E-state index contributed by atoms with van der Waals surface area (Å²) in [4.78, 5) is 37.6. The third-order valence-electron chi connectivity index (χ3n) is 7.86. The first kappa shape index (κ1) is 24.0. The molecule has 6 rings (SSSR count). The molecular weight excluding hydrogens is 478 g/mol. The highest BCUT2D eigenvalue weighted by atomic mass is 19.1. The van der Waals surface area contributed by atoms with E-state index in [1.54, 1.807) is 18.5 Å². The lowest BCUT2D eigenvalue weighted by atomic mass is 9.70. The molecule has 3 aliphatic rings. The highest BCUT2D eigenvalue weighted by Gasteiger charge is 2.51. The summed E-state index contributed by atoms with van der Waals surface area (Å²) >= 11 is 0. The monoisotopic (exact) mass is 506 g/mol. The van der Waals surface area contributed by atoms with Gasteiger partial charge in [-0.3, -0.25) is 9.59 Å². The molecule has 192 valence electrons. The van der Waals surface area contributed by atoms with E-state index < -0.39 is 17.0 Å². The molecule has 1 saturated heterocycles. The summed E-state index contributed by atoms with van der Waals surface area (Å²) in [5.41, 5.74) is -0.615. The second-order valence-corrected chi connectivity index (χ2v) is 11.2. The van der Waals surface area contributed by atoms with E-state index in [9.17, 15) is 18.4 Å². The average molecular weight is 507 g/mol. The van der Waals surface area contributed by atoms with Crippen LogP contribution in [0.3, 0.4) is 0 Å². The van der Waals surface area contributed by atoms with Crippen molar-refractivity contribution in [1.29, 1.82) is 0 Å². The smallest absolute Gasteiger partial charge is 0.185 e. The van der Waals surface area contributed by atoms with E-state index in [4.69, 9.17) is 4.52 Å². The molecule has 0 amide bonds. The van der Waals surface area contributed by atoms with Crippen LogP contribution in [0.25, 0.3) is 11.3 Å². The van der Waals surface area contributed by atoms with Gasteiger partial charge in [-0.2, -0.15) is 0 Å². The number of Topliss-reactive ketones (excluding diaryl/α,β-unsaturated/α-hetero) is 2. The number of halogens is 2. The van der Waals surface area contributed by atoms with Gasteiger partial charge < -0.3 is 9.42 Å². The number of rotatable bonds is 11. The average Bonchev–Trinajstić information content (AvgIpc) is 3.77. The normalized spacial score (nSPS) is 19.8. The van der Waals surface area contributed by atoms with Gasteiger partial charge in [0.05, 0.1) is 5.56 Å². The zero-order valence-corrected chi connectivity index (χ0v) is 20.5. The Kier molecular flexibility index (Phi) is 5.98. The second kappa shape index (κ2) is 9.20. The van der Waals surface area contributed by atoms with Crippen molar-refractivity contribution < 1.29 is 22.9 Å². The van der Waals surface area contributed by atoms with Crippen LogP contribution < -0.4 is 0 Å². The van der Waals surface area contributed by atoms with E-state index in [1.165, 1.54) is 25.0 Å². The lowest BCUT2D eigenvalue weighted by Gasteiger charge is -2.50. The fourth-order valence-electron chi connectivity index (χ4n) is 5.70. The number of ketones is 2. The molecule has 3 aromatic rings. The summed E-state index contributed by atoms with van der Waals surface area (Å²) in [6, 6.07) is 6.30. The van der Waals surface area contributed by atoms with Crippen LogP contribution in [0.15, 0.2) is 47.2 Å². The first-order chi connectivity index (χ1) is 17.8. The molecule has 0 spiro atoms. The predicted octanol–water partition coefficient (Wildman–Crippen LogP) is 4.78.